The summed E-state index contributed by atoms with van der Waals surface area (Å²) in [6.45, 7) is 7.59. The highest BCUT2D eigenvalue weighted by molar-refractivity contribution is 4.98. The highest BCUT2D eigenvalue weighted by Crippen LogP contribution is 1.99. The van der Waals surface area contributed by atoms with Gasteiger partial charge in [-0.05, 0) is 38.1 Å². The summed E-state index contributed by atoms with van der Waals surface area (Å²) in [5, 5.41) is 6.84. The van der Waals surface area contributed by atoms with Gasteiger partial charge in [-0.2, -0.15) is 0 Å². The van der Waals surface area contributed by atoms with Crippen LogP contribution in [0.4, 0.5) is 0 Å². The molecule has 3 nitrogen and oxygen atoms in total. The summed E-state index contributed by atoms with van der Waals surface area (Å²) in [4.78, 5) is 0. The second-order valence-corrected chi connectivity index (χ2v) is 4.40. The molecule has 0 unspecified atom stereocenters. The predicted octanol–water partition coefficient (Wildman–Crippen LogP) is 2.19. The highest BCUT2D eigenvalue weighted by Gasteiger charge is 1.95. The number of hydrogen-bond acceptors (Lipinski definition) is 3. The summed E-state index contributed by atoms with van der Waals surface area (Å²) in [7, 11) is 0. The predicted molar refractivity (Wildman–Crippen MR) is 67.7 cm³/mol. The lowest BCUT2D eigenvalue weighted by molar-refractivity contribution is 0.493. The number of hydrogen-bond donors (Lipinski definition) is 2. The fourth-order valence-corrected chi connectivity index (χ4v) is 1.56. The molecule has 3 heteroatoms. The van der Waals surface area contributed by atoms with Gasteiger partial charge in [-0.25, -0.2) is 0 Å². The first-order chi connectivity index (χ1) is 7.79. The van der Waals surface area contributed by atoms with Gasteiger partial charge in [0.15, 0.2) is 0 Å². The van der Waals surface area contributed by atoms with Crippen LogP contribution >= 0.6 is 0 Å². The van der Waals surface area contributed by atoms with Gasteiger partial charge >= 0.3 is 0 Å². The topological polar surface area (TPSA) is 37.2 Å². The first-order valence-corrected chi connectivity index (χ1v) is 6.25. The third kappa shape index (κ3) is 6.64. The van der Waals surface area contributed by atoms with Crippen LogP contribution in [0.3, 0.4) is 0 Å². The maximum Gasteiger partial charge on any atom is 0.105 e. The van der Waals surface area contributed by atoms with Crippen molar-refractivity contribution in [2.75, 3.05) is 19.6 Å². The molecule has 0 aliphatic rings. The average molecular weight is 224 g/mol. The summed E-state index contributed by atoms with van der Waals surface area (Å²) in [5.41, 5.74) is 0. The first kappa shape index (κ1) is 13.3. The zero-order valence-corrected chi connectivity index (χ0v) is 10.5. The number of rotatable bonds is 9. The van der Waals surface area contributed by atoms with Gasteiger partial charge in [0.1, 0.15) is 5.76 Å². The maximum atomic E-state index is 5.25. The van der Waals surface area contributed by atoms with Gasteiger partial charge in [-0.15, -0.1) is 0 Å². The molecule has 0 fully saturated rings. The van der Waals surface area contributed by atoms with Gasteiger partial charge < -0.3 is 15.1 Å². The minimum absolute atomic E-state index is 0.604. The van der Waals surface area contributed by atoms with Gasteiger partial charge in [0, 0.05) is 19.0 Å². The molecule has 0 saturated carbocycles. The highest BCUT2D eigenvalue weighted by atomic mass is 16.3. The Morgan fingerprint density at radius 2 is 2.00 bits per heavy atom. The lowest BCUT2D eigenvalue weighted by Crippen LogP contribution is -2.25. The van der Waals surface area contributed by atoms with E-state index in [0.29, 0.717) is 6.04 Å². The summed E-state index contributed by atoms with van der Waals surface area (Å²) in [6, 6.07) is 4.56. The number of nitrogens with one attached hydrogen (secondary N) is 2. The first-order valence-electron chi connectivity index (χ1n) is 6.25. The van der Waals surface area contributed by atoms with E-state index in [2.05, 4.69) is 24.5 Å². The quantitative estimate of drug-likeness (QED) is 0.631. The second kappa shape index (κ2) is 8.36. The van der Waals surface area contributed by atoms with E-state index in [-0.39, 0.29) is 0 Å². The van der Waals surface area contributed by atoms with Crippen LogP contribution in [-0.2, 0) is 6.42 Å². The molecule has 0 radical (unpaired) electrons. The smallest absolute Gasteiger partial charge is 0.105 e. The van der Waals surface area contributed by atoms with E-state index in [1.54, 1.807) is 6.26 Å². The largest absolute Gasteiger partial charge is 0.469 e. The van der Waals surface area contributed by atoms with Gasteiger partial charge in [-0.1, -0.05) is 13.8 Å². The Bertz CT molecular complexity index is 244. The van der Waals surface area contributed by atoms with Crippen molar-refractivity contribution in [1.82, 2.24) is 10.6 Å². The maximum absolute atomic E-state index is 5.25. The normalized spacial score (nSPS) is 11.2. The van der Waals surface area contributed by atoms with E-state index < -0.39 is 0 Å². The van der Waals surface area contributed by atoms with Crippen molar-refractivity contribution in [3.63, 3.8) is 0 Å². The lowest BCUT2D eigenvalue weighted by Gasteiger charge is -2.07. The Kier molecular flexibility index (Phi) is 6.93. The summed E-state index contributed by atoms with van der Waals surface area (Å²) in [6.07, 6.45) is 5.19. The Labute approximate surface area is 98.6 Å². The van der Waals surface area contributed by atoms with Crippen molar-refractivity contribution in [3.05, 3.63) is 24.2 Å². The second-order valence-electron chi connectivity index (χ2n) is 4.40. The third-order valence-corrected chi connectivity index (χ3v) is 2.46. The van der Waals surface area contributed by atoms with E-state index in [9.17, 15) is 0 Å². The molecule has 0 aromatic carbocycles. The van der Waals surface area contributed by atoms with Gasteiger partial charge in [-0.3, -0.25) is 0 Å². The van der Waals surface area contributed by atoms with Crippen LogP contribution < -0.4 is 10.6 Å². The Morgan fingerprint density at radius 1 is 1.19 bits per heavy atom. The van der Waals surface area contributed by atoms with Gasteiger partial charge in [0.2, 0.25) is 0 Å². The summed E-state index contributed by atoms with van der Waals surface area (Å²) < 4.78 is 5.25. The van der Waals surface area contributed by atoms with Crippen LogP contribution in [0.25, 0.3) is 0 Å². The SMILES string of the molecule is CC(C)NCCCCNCCc1ccco1. The van der Waals surface area contributed by atoms with Crippen molar-refractivity contribution in [2.24, 2.45) is 0 Å². The summed E-state index contributed by atoms with van der Waals surface area (Å²) >= 11 is 0. The minimum atomic E-state index is 0.604. The van der Waals surface area contributed by atoms with E-state index in [1.165, 1.54) is 12.8 Å². The molecule has 0 amide bonds. The molecule has 0 saturated heterocycles. The molecular weight excluding hydrogens is 200 g/mol. The molecule has 0 aliphatic heterocycles. The Balaban J connectivity index is 1.82. The molecule has 1 heterocycles. The minimum Gasteiger partial charge on any atom is -0.469 e. The molecule has 0 aliphatic carbocycles. The molecule has 0 spiro atoms. The zero-order valence-electron chi connectivity index (χ0n) is 10.5. The van der Waals surface area contributed by atoms with Crippen LogP contribution in [0.1, 0.15) is 32.4 Å². The molecule has 92 valence electrons. The molecule has 0 bridgehead atoms. The van der Waals surface area contributed by atoms with Crippen LogP contribution in [0.2, 0.25) is 0 Å². The number of unbranched alkanes of at least 4 members (excludes halogenated alkanes) is 1. The molecule has 2 N–H and O–H groups in total. The molecule has 1 aromatic heterocycles. The van der Waals surface area contributed by atoms with Crippen LogP contribution in [0.5, 0.6) is 0 Å². The average Bonchev–Trinajstić information content (AvgIpc) is 2.74. The van der Waals surface area contributed by atoms with E-state index in [1.807, 2.05) is 12.1 Å². The van der Waals surface area contributed by atoms with Crippen molar-refractivity contribution in [3.8, 4) is 0 Å². The molecule has 1 rings (SSSR count). The molecule has 0 atom stereocenters. The van der Waals surface area contributed by atoms with E-state index >= 15 is 0 Å². The standard InChI is InChI=1S/C13H24N2O/c1-12(2)15-9-4-3-8-14-10-7-13-6-5-11-16-13/h5-6,11-12,14-15H,3-4,7-10H2,1-2H3. The van der Waals surface area contributed by atoms with Crippen molar-refractivity contribution < 1.29 is 4.42 Å². The Morgan fingerprint density at radius 3 is 2.69 bits per heavy atom. The van der Waals surface area contributed by atoms with Gasteiger partial charge in [0.25, 0.3) is 0 Å². The van der Waals surface area contributed by atoms with E-state index in [0.717, 1.165) is 31.8 Å². The van der Waals surface area contributed by atoms with Crippen molar-refractivity contribution in [1.29, 1.82) is 0 Å². The Hall–Kier alpha value is -0.800. The number of furan rings is 1. The van der Waals surface area contributed by atoms with Crippen molar-refractivity contribution >= 4 is 0 Å². The fourth-order valence-electron chi connectivity index (χ4n) is 1.56. The monoisotopic (exact) mass is 224 g/mol. The molecule has 16 heavy (non-hydrogen) atoms. The molecule has 1 aromatic rings. The van der Waals surface area contributed by atoms with E-state index in [4.69, 9.17) is 4.42 Å². The van der Waals surface area contributed by atoms with Crippen LogP contribution in [0.15, 0.2) is 22.8 Å². The molecular formula is C13H24N2O. The van der Waals surface area contributed by atoms with Crippen LogP contribution in [0, 0.1) is 0 Å². The van der Waals surface area contributed by atoms with Gasteiger partial charge in [0.05, 0.1) is 6.26 Å². The van der Waals surface area contributed by atoms with Crippen LogP contribution in [-0.4, -0.2) is 25.7 Å². The zero-order chi connectivity index (χ0) is 11.6. The van der Waals surface area contributed by atoms with Crippen molar-refractivity contribution in [2.45, 2.75) is 39.2 Å². The lowest BCUT2D eigenvalue weighted by atomic mass is 10.2. The summed E-state index contributed by atoms with van der Waals surface area (Å²) in [5.74, 6) is 1.06. The fraction of sp³-hybridized carbons (Fsp3) is 0.692. The third-order valence-electron chi connectivity index (χ3n) is 2.46.